The third-order valence-electron chi connectivity index (χ3n) is 3.68. The van der Waals surface area contributed by atoms with Crippen LogP contribution in [-0.4, -0.2) is 9.78 Å². The van der Waals surface area contributed by atoms with Crippen molar-refractivity contribution in [2.24, 2.45) is 12.8 Å². The standard InChI is InChI=1S/C15H19N3O/c1-3-13-11(9-18(2)17-13)15-8-12(16)10-6-4-5-7-14(10)19-15/h4-7,9,12,15H,3,8,16H2,1-2H3. The molecule has 1 aromatic carbocycles. The van der Waals surface area contributed by atoms with Crippen molar-refractivity contribution < 1.29 is 4.74 Å². The van der Waals surface area contributed by atoms with Crippen molar-refractivity contribution in [3.63, 3.8) is 0 Å². The topological polar surface area (TPSA) is 53.1 Å². The lowest BCUT2D eigenvalue weighted by molar-refractivity contribution is 0.160. The first kappa shape index (κ1) is 12.2. The zero-order chi connectivity index (χ0) is 13.4. The van der Waals surface area contributed by atoms with E-state index in [4.69, 9.17) is 10.5 Å². The van der Waals surface area contributed by atoms with Crippen LogP contribution < -0.4 is 10.5 Å². The van der Waals surface area contributed by atoms with Gasteiger partial charge in [-0.2, -0.15) is 5.10 Å². The Bertz CT molecular complexity index is 591. The molecule has 1 aromatic heterocycles. The summed E-state index contributed by atoms with van der Waals surface area (Å²) in [7, 11) is 1.94. The zero-order valence-corrected chi connectivity index (χ0v) is 11.3. The summed E-state index contributed by atoms with van der Waals surface area (Å²) in [5.41, 5.74) is 9.62. The van der Waals surface area contributed by atoms with Gasteiger partial charge in [-0.3, -0.25) is 4.68 Å². The Morgan fingerprint density at radius 2 is 2.16 bits per heavy atom. The highest BCUT2D eigenvalue weighted by atomic mass is 16.5. The highest BCUT2D eigenvalue weighted by Crippen LogP contribution is 2.40. The largest absolute Gasteiger partial charge is 0.485 e. The van der Waals surface area contributed by atoms with E-state index >= 15 is 0 Å². The van der Waals surface area contributed by atoms with Gasteiger partial charge in [0.15, 0.2) is 0 Å². The van der Waals surface area contributed by atoms with Gasteiger partial charge in [-0.1, -0.05) is 25.1 Å². The number of aromatic nitrogens is 2. The molecule has 3 rings (SSSR count). The summed E-state index contributed by atoms with van der Waals surface area (Å²) >= 11 is 0. The van der Waals surface area contributed by atoms with Gasteiger partial charge in [0, 0.05) is 36.8 Å². The molecular formula is C15H19N3O. The number of nitrogens with two attached hydrogens (primary N) is 1. The van der Waals surface area contributed by atoms with E-state index < -0.39 is 0 Å². The van der Waals surface area contributed by atoms with E-state index in [-0.39, 0.29) is 12.1 Å². The average Bonchev–Trinajstić information content (AvgIpc) is 2.80. The first-order valence-electron chi connectivity index (χ1n) is 6.72. The molecule has 0 spiro atoms. The first-order valence-corrected chi connectivity index (χ1v) is 6.72. The third-order valence-corrected chi connectivity index (χ3v) is 3.68. The smallest absolute Gasteiger partial charge is 0.129 e. The molecule has 2 heterocycles. The normalized spacial score (nSPS) is 21.8. The van der Waals surface area contributed by atoms with Gasteiger partial charge >= 0.3 is 0 Å². The molecule has 4 nitrogen and oxygen atoms in total. The summed E-state index contributed by atoms with van der Waals surface area (Å²) in [6.45, 7) is 2.11. The molecule has 0 fully saturated rings. The Kier molecular flexibility index (Phi) is 3.03. The maximum atomic E-state index is 6.27. The van der Waals surface area contributed by atoms with Gasteiger partial charge in [0.25, 0.3) is 0 Å². The number of fused-ring (bicyclic) bond motifs is 1. The second-order valence-corrected chi connectivity index (χ2v) is 5.04. The number of benzene rings is 1. The molecule has 2 unspecified atom stereocenters. The molecule has 0 aliphatic carbocycles. The minimum absolute atomic E-state index is 0.00792. The molecule has 0 bridgehead atoms. The van der Waals surface area contributed by atoms with Gasteiger partial charge in [0.2, 0.25) is 0 Å². The predicted octanol–water partition coefficient (Wildman–Crippen LogP) is 2.51. The summed E-state index contributed by atoms with van der Waals surface area (Å²) in [4.78, 5) is 0. The molecule has 1 aliphatic rings. The van der Waals surface area contributed by atoms with Gasteiger partial charge in [-0.05, 0) is 12.5 Å². The lowest BCUT2D eigenvalue weighted by atomic mass is 9.93. The van der Waals surface area contributed by atoms with Crippen LogP contribution in [0.3, 0.4) is 0 Å². The maximum absolute atomic E-state index is 6.27. The van der Waals surface area contributed by atoms with E-state index in [0.717, 1.165) is 35.4 Å². The summed E-state index contributed by atoms with van der Waals surface area (Å²) in [5.74, 6) is 0.900. The number of hydrogen-bond donors (Lipinski definition) is 1. The average molecular weight is 257 g/mol. The summed E-state index contributed by atoms with van der Waals surface area (Å²) in [5, 5.41) is 4.48. The van der Waals surface area contributed by atoms with Crippen molar-refractivity contribution in [3.05, 3.63) is 47.3 Å². The van der Waals surface area contributed by atoms with E-state index in [2.05, 4.69) is 12.0 Å². The molecule has 0 radical (unpaired) electrons. The summed E-state index contributed by atoms with van der Waals surface area (Å²) < 4.78 is 7.96. The minimum Gasteiger partial charge on any atom is -0.485 e. The van der Waals surface area contributed by atoms with Crippen LogP contribution in [-0.2, 0) is 13.5 Å². The quantitative estimate of drug-likeness (QED) is 0.899. The molecule has 2 N–H and O–H groups in total. The lowest BCUT2D eigenvalue weighted by Crippen LogP contribution is -2.24. The van der Waals surface area contributed by atoms with Crippen LogP contribution in [0.4, 0.5) is 0 Å². The van der Waals surface area contributed by atoms with Crippen LogP contribution in [0, 0.1) is 0 Å². The van der Waals surface area contributed by atoms with Gasteiger partial charge in [-0.15, -0.1) is 0 Å². The number of rotatable bonds is 2. The van der Waals surface area contributed by atoms with Gasteiger partial charge in [0.05, 0.1) is 5.69 Å². The van der Waals surface area contributed by atoms with Crippen LogP contribution in [0.15, 0.2) is 30.5 Å². The molecule has 2 atom stereocenters. The summed E-state index contributed by atoms with van der Waals surface area (Å²) in [6, 6.07) is 8.05. The Labute approximate surface area is 113 Å². The first-order chi connectivity index (χ1) is 9.19. The van der Waals surface area contributed by atoms with Crippen LogP contribution >= 0.6 is 0 Å². The Morgan fingerprint density at radius 3 is 2.95 bits per heavy atom. The van der Waals surface area contributed by atoms with Gasteiger partial charge < -0.3 is 10.5 Å². The van der Waals surface area contributed by atoms with Crippen molar-refractivity contribution in [3.8, 4) is 5.75 Å². The van der Waals surface area contributed by atoms with Gasteiger partial charge in [-0.25, -0.2) is 0 Å². The van der Waals surface area contributed by atoms with Crippen LogP contribution in [0.25, 0.3) is 0 Å². The molecule has 19 heavy (non-hydrogen) atoms. The second kappa shape index (κ2) is 4.70. The Morgan fingerprint density at radius 1 is 1.37 bits per heavy atom. The van der Waals surface area contributed by atoms with E-state index in [1.54, 1.807) is 0 Å². The Hall–Kier alpha value is -1.81. The van der Waals surface area contributed by atoms with E-state index in [1.165, 1.54) is 0 Å². The molecule has 100 valence electrons. The number of hydrogen-bond acceptors (Lipinski definition) is 3. The number of aryl methyl sites for hydroxylation is 2. The number of ether oxygens (including phenoxy) is 1. The molecule has 2 aromatic rings. The minimum atomic E-state index is 0.00792. The van der Waals surface area contributed by atoms with Crippen molar-refractivity contribution >= 4 is 0 Å². The predicted molar refractivity (Wildman–Crippen MR) is 73.9 cm³/mol. The molecule has 0 amide bonds. The second-order valence-electron chi connectivity index (χ2n) is 5.04. The molecule has 0 saturated heterocycles. The fraction of sp³-hybridized carbons (Fsp3) is 0.400. The fourth-order valence-corrected chi connectivity index (χ4v) is 2.74. The zero-order valence-electron chi connectivity index (χ0n) is 11.3. The van der Waals surface area contributed by atoms with Crippen LogP contribution in [0.2, 0.25) is 0 Å². The fourth-order valence-electron chi connectivity index (χ4n) is 2.74. The number of para-hydroxylation sites is 1. The highest BCUT2D eigenvalue weighted by Gasteiger charge is 2.29. The maximum Gasteiger partial charge on any atom is 0.129 e. The third kappa shape index (κ3) is 2.12. The highest BCUT2D eigenvalue weighted by molar-refractivity contribution is 5.39. The Balaban J connectivity index is 1.96. The van der Waals surface area contributed by atoms with Crippen molar-refractivity contribution in [2.75, 3.05) is 0 Å². The molecule has 0 saturated carbocycles. The van der Waals surface area contributed by atoms with Crippen LogP contribution in [0.1, 0.15) is 42.3 Å². The van der Waals surface area contributed by atoms with E-state index in [9.17, 15) is 0 Å². The summed E-state index contributed by atoms with van der Waals surface area (Å²) in [6.07, 6.45) is 3.76. The van der Waals surface area contributed by atoms with Crippen molar-refractivity contribution in [1.29, 1.82) is 0 Å². The monoisotopic (exact) mass is 257 g/mol. The van der Waals surface area contributed by atoms with E-state index in [1.807, 2.05) is 42.2 Å². The van der Waals surface area contributed by atoms with E-state index in [0.29, 0.717) is 0 Å². The van der Waals surface area contributed by atoms with Crippen molar-refractivity contribution in [2.45, 2.75) is 31.9 Å². The van der Waals surface area contributed by atoms with Crippen LogP contribution in [0.5, 0.6) is 5.75 Å². The van der Waals surface area contributed by atoms with Crippen molar-refractivity contribution in [1.82, 2.24) is 9.78 Å². The molecular weight excluding hydrogens is 238 g/mol. The SMILES string of the molecule is CCc1nn(C)cc1C1CC(N)c2ccccc2O1. The van der Waals surface area contributed by atoms with Gasteiger partial charge in [0.1, 0.15) is 11.9 Å². The number of nitrogens with zero attached hydrogens (tertiary/aromatic N) is 2. The molecule has 4 heteroatoms. The molecule has 1 aliphatic heterocycles. The lowest BCUT2D eigenvalue weighted by Gasteiger charge is -2.30.